The van der Waals surface area contributed by atoms with Gasteiger partial charge in [0.15, 0.2) is 6.61 Å². The minimum atomic E-state index is -0.893. The van der Waals surface area contributed by atoms with Crippen LogP contribution in [0.3, 0.4) is 0 Å². The lowest BCUT2D eigenvalue weighted by molar-refractivity contribution is -0.145. The number of carbonyl (C=O) groups excluding carboxylic acids is 3. The van der Waals surface area contributed by atoms with Gasteiger partial charge < -0.3 is 24.5 Å². The summed E-state index contributed by atoms with van der Waals surface area (Å²) in [6.07, 6.45) is 1.82. The van der Waals surface area contributed by atoms with Crippen LogP contribution in [0, 0.1) is 0 Å². The fraction of sp³-hybridized carbons (Fsp3) is 0.208. The average molecular weight is 436 g/mol. The number of benzene rings is 2. The van der Waals surface area contributed by atoms with Crippen molar-refractivity contribution in [3.63, 3.8) is 0 Å². The molecule has 0 aliphatic carbocycles. The van der Waals surface area contributed by atoms with E-state index in [9.17, 15) is 14.4 Å². The van der Waals surface area contributed by atoms with Gasteiger partial charge in [-0.05, 0) is 29.8 Å². The van der Waals surface area contributed by atoms with Crippen molar-refractivity contribution < 1.29 is 28.3 Å². The monoisotopic (exact) mass is 436 g/mol. The Kier molecular flexibility index (Phi) is 8.02. The standard InChI is InChI=1S/C24H24N2O6/c1-30-24(29)21(14-17-8-3-2-4-9-17)26-22(27)16-32-23(28)19-11-5-6-12-20(19)25-15-18-10-7-13-31-18/h2-13,21,25H,14-16H2,1H3,(H,26,27)/t21-/m0/s1. The molecule has 0 aliphatic rings. The Morgan fingerprint density at radius 2 is 1.72 bits per heavy atom. The number of carbonyl (C=O) groups is 3. The summed E-state index contributed by atoms with van der Waals surface area (Å²) in [4.78, 5) is 36.9. The van der Waals surface area contributed by atoms with E-state index in [1.807, 2.05) is 36.4 Å². The van der Waals surface area contributed by atoms with Crippen molar-refractivity contribution in [3.8, 4) is 0 Å². The average Bonchev–Trinajstić information content (AvgIpc) is 3.35. The van der Waals surface area contributed by atoms with E-state index in [1.165, 1.54) is 7.11 Å². The first-order valence-corrected chi connectivity index (χ1v) is 10.0. The van der Waals surface area contributed by atoms with E-state index < -0.39 is 30.5 Å². The van der Waals surface area contributed by atoms with E-state index in [1.54, 1.807) is 36.6 Å². The molecule has 2 aromatic carbocycles. The summed E-state index contributed by atoms with van der Waals surface area (Å²) in [7, 11) is 1.25. The van der Waals surface area contributed by atoms with Crippen LogP contribution in [0.25, 0.3) is 0 Å². The normalized spacial score (nSPS) is 11.3. The number of nitrogens with one attached hydrogen (secondary N) is 2. The Morgan fingerprint density at radius 1 is 0.969 bits per heavy atom. The molecule has 1 heterocycles. The second-order valence-corrected chi connectivity index (χ2v) is 6.89. The highest BCUT2D eigenvalue weighted by Gasteiger charge is 2.23. The fourth-order valence-corrected chi connectivity index (χ4v) is 3.04. The quantitative estimate of drug-likeness (QED) is 0.471. The first-order chi connectivity index (χ1) is 15.6. The van der Waals surface area contributed by atoms with Crippen molar-refractivity contribution in [1.82, 2.24) is 5.32 Å². The molecule has 0 bridgehead atoms. The molecule has 1 amide bonds. The van der Waals surface area contributed by atoms with Gasteiger partial charge in [0.25, 0.3) is 5.91 Å². The summed E-state index contributed by atoms with van der Waals surface area (Å²) in [6, 6.07) is 18.7. The Hall–Kier alpha value is -4.07. The number of rotatable bonds is 10. The highest BCUT2D eigenvalue weighted by atomic mass is 16.5. The lowest BCUT2D eigenvalue weighted by atomic mass is 10.1. The predicted molar refractivity (Wildman–Crippen MR) is 117 cm³/mol. The lowest BCUT2D eigenvalue weighted by Crippen LogP contribution is -2.44. The van der Waals surface area contributed by atoms with Gasteiger partial charge in [0.1, 0.15) is 11.8 Å². The largest absolute Gasteiger partial charge is 0.467 e. The first kappa shape index (κ1) is 22.6. The van der Waals surface area contributed by atoms with Gasteiger partial charge in [-0.25, -0.2) is 9.59 Å². The molecule has 0 spiro atoms. The van der Waals surface area contributed by atoms with Gasteiger partial charge in [-0.3, -0.25) is 4.79 Å². The Labute approximate surface area is 185 Å². The molecule has 0 unspecified atom stereocenters. The van der Waals surface area contributed by atoms with Crippen LogP contribution in [-0.4, -0.2) is 37.6 Å². The summed E-state index contributed by atoms with van der Waals surface area (Å²) in [6.45, 7) is -0.147. The number of anilines is 1. The maximum atomic E-state index is 12.5. The Morgan fingerprint density at radius 3 is 2.44 bits per heavy atom. The molecule has 1 aromatic heterocycles. The van der Waals surface area contributed by atoms with Crippen molar-refractivity contribution in [2.24, 2.45) is 0 Å². The van der Waals surface area contributed by atoms with Crippen LogP contribution in [0.1, 0.15) is 21.7 Å². The van der Waals surface area contributed by atoms with Crippen LogP contribution >= 0.6 is 0 Å². The van der Waals surface area contributed by atoms with E-state index in [0.717, 1.165) is 5.56 Å². The summed E-state index contributed by atoms with van der Waals surface area (Å²) in [5, 5.41) is 5.67. The van der Waals surface area contributed by atoms with Crippen molar-refractivity contribution in [2.45, 2.75) is 19.0 Å². The van der Waals surface area contributed by atoms with Crippen LogP contribution in [0.15, 0.2) is 77.4 Å². The number of amides is 1. The van der Waals surface area contributed by atoms with Gasteiger partial charge >= 0.3 is 11.9 Å². The molecule has 0 aliphatic heterocycles. The smallest absolute Gasteiger partial charge is 0.340 e. The number of esters is 2. The minimum Gasteiger partial charge on any atom is -0.467 e. The molecule has 0 saturated carbocycles. The number of methoxy groups -OCH3 is 1. The molecule has 0 fully saturated rings. The maximum Gasteiger partial charge on any atom is 0.340 e. The van der Waals surface area contributed by atoms with Gasteiger partial charge in [0, 0.05) is 12.1 Å². The van der Waals surface area contributed by atoms with Crippen LogP contribution in [0.4, 0.5) is 5.69 Å². The third kappa shape index (κ3) is 6.46. The molecule has 1 atom stereocenters. The van der Waals surface area contributed by atoms with Crippen LogP contribution < -0.4 is 10.6 Å². The highest BCUT2D eigenvalue weighted by molar-refractivity contribution is 5.97. The fourth-order valence-electron chi connectivity index (χ4n) is 3.04. The molecule has 2 N–H and O–H groups in total. The lowest BCUT2D eigenvalue weighted by Gasteiger charge is -2.17. The number of furan rings is 1. The Bertz CT molecular complexity index is 1030. The molecule has 3 aromatic rings. The molecular formula is C24H24N2O6. The molecular weight excluding hydrogens is 412 g/mol. The SMILES string of the molecule is COC(=O)[C@H](Cc1ccccc1)NC(=O)COC(=O)c1ccccc1NCc1ccco1. The molecule has 0 saturated heterocycles. The molecule has 32 heavy (non-hydrogen) atoms. The maximum absolute atomic E-state index is 12.5. The van der Waals surface area contributed by atoms with E-state index in [4.69, 9.17) is 13.9 Å². The third-order valence-electron chi connectivity index (χ3n) is 4.62. The van der Waals surface area contributed by atoms with Gasteiger partial charge in [-0.1, -0.05) is 42.5 Å². The zero-order valence-electron chi connectivity index (χ0n) is 17.6. The summed E-state index contributed by atoms with van der Waals surface area (Å²) in [5.74, 6) is -1.15. The van der Waals surface area contributed by atoms with Crippen LogP contribution in [-0.2, 0) is 32.0 Å². The molecule has 166 valence electrons. The summed E-state index contributed by atoms with van der Waals surface area (Å²) < 4.78 is 15.2. The van der Waals surface area contributed by atoms with Gasteiger partial charge in [0.05, 0.1) is 25.5 Å². The molecule has 3 rings (SSSR count). The number of hydrogen-bond donors (Lipinski definition) is 2. The summed E-state index contributed by atoms with van der Waals surface area (Å²) >= 11 is 0. The first-order valence-electron chi connectivity index (χ1n) is 10.0. The summed E-state index contributed by atoms with van der Waals surface area (Å²) in [5.41, 5.74) is 1.68. The highest BCUT2D eigenvalue weighted by Crippen LogP contribution is 2.17. The van der Waals surface area contributed by atoms with Crippen molar-refractivity contribution in [3.05, 3.63) is 89.9 Å². The molecule has 8 nitrogen and oxygen atoms in total. The number of ether oxygens (including phenoxy) is 2. The van der Waals surface area contributed by atoms with Gasteiger partial charge in [0.2, 0.25) is 0 Å². The van der Waals surface area contributed by atoms with Crippen LogP contribution in [0.5, 0.6) is 0 Å². The Balaban J connectivity index is 1.56. The van der Waals surface area contributed by atoms with Gasteiger partial charge in [-0.15, -0.1) is 0 Å². The van der Waals surface area contributed by atoms with E-state index in [2.05, 4.69) is 10.6 Å². The minimum absolute atomic E-state index is 0.257. The number of para-hydroxylation sites is 1. The predicted octanol–water partition coefficient (Wildman–Crippen LogP) is 2.95. The van der Waals surface area contributed by atoms with Crippen molar-refractivity contribution >= 4 is 23.5 Å². The van der Waals surface area contributed by atoms with E-state index >= 15 is 0 Å². The topological polar surface area (TPSA) is 107 Å². The zero-order valence-corrected chi connectivity index (χ0v) is 17.6. The van der Waals surface area contributed by atoms with Crippen LogP contribution in [0.2, 0.25) is 0 Å². The molecule has 8 heteroatoms. The second-order valence-electron chi connectivity index (χ2n) is 6.89. The van der Waals surface area contributed by atoms with Crippen molar-refractivity contribution in [2.75, 3.05) is 19.0 Å². The third-order valence-corrected chi connectivity index (χ3v) is 4.62. The van der Waals surface area contributed by atoms with Crippen molar-refractivity contribution in [1.29, 1.82) is 0 Å². The molecule has 0 radical (unpaired) electrons. The second kappa shape index (κ2) is 11.4. The van der Waals surface area contributed by atoms with E-state index in [-0.39, 0.29) is 12.0 Å². The van der Waals surface area contributed by atoms with E-state index in [0.29, 0.717) is 18.0 Å². The zero-order chi connectivity index (χ0) is 22.8. The number of hydrogen-bond acceptors (Lipinski definition) is 7. The van der Waals surface area contributed by atoms with Gasteiger partial charge in [-0.2, -0.15) is 0 Å².